The van der Waals surface area contributed by atoms with Crippen LogP contribution in [0.1, 0.15) is 42.9 Å². The van der Waals surface area contributed by atoms with Crippen molar-refractivity contribution < 1.29 is 14.0 Å². The molecule has 2 aromatic rings. The van der Waals surface area contributed by atoms with Crippen molar-refractivity contribution in [3.63, 3.8) is 0 Å². The van der Waals surface area contributed by atoms with Crippen LogP contribution >= 0.6 is 0 Å². The third-order valence-corrected chi connectivity index (χ3v) is 4.68. The molecular weight excluding hydrogens is 343 g/mol. The van der Waals surface area contributed by atoms with Crippen LogP contribution in [0.25, 0.3) is 0 Å². The molecule has 1 atom stereocenters. The Hall–Kier alpha value is -2.69. The molecule has 0 radical (unpaired) electrons. The molecule has 3 rings (SSSR count). The number of oxime groups is 1. The van der Waals surface area contributed by atoms with Crippen LogP contribution in [0.5, 0.6) is 0 Å². The van der Waals surface area contributed by atoms with Crippen molar-refractivity contribution in [2.75, 3.05) is 6.54 Å². The van der Waals surface area contributed by atoms with Gasteiger partial charge in [0.1, 0.15) is 5.82 Å². The number of aryl methyl sites for hydroxylation is 1. The molecule has 142 valence electrons. The summed E-state index contributed by atoms with van der Waals surface area (Å²) >= 11 is 0. The first kappa shape index (κ1) is 19.1. The van der Waals surface area contributed by atoms with Gasteiger partial charge < -0.3 is 9.74 Å². The predicted octanol–water partition coefficient (Wildman–Crippen LogP) is 4.46. The maximum absolute atomic E-state index is 14.0. The van der Waals surface area contributed by atoms with Gasteiger partial charge in [-0.05, 0) is 25.0 Å². The Morgan fingerprint density at radius 2 is 1.96 bits per heavy atom. The van der Waals surface area contributed by atoms with Crippen LogP contribution in [-0.4, -0.2) is 29.2 Å². The molecule has 0 bridgehead atoms. The summed E-state index contributed by atoms with van der Waals surface area (Å²) in [5.41, 5.74) is 3.62. The number of nitrogens with zero attached hydrogens (tertiary/aromatic N) is 2. The highest BCUT2D eigenvalue weighted by Gasteiger charge is 2.27. The lowest BCUT2D eigenvalue weighted by Crippen LogP contribution is -2.37. The highest BCUT2D eigenvalue weighted by atomic mass is 19.1. The molecule has 0 N–H and O–H groups in total. The lowest BCUT2D eigenvalue weighted by Gasteiger charge is -2.25. The summed E-state index contributed by atoms with van der Waals surface area (Å²) in [7, 11) is 0. The Morgan fingerprint density at radius 3 is 2.67 bits per heavy atom. The van der Waals surface area contributed by atoms with E-state index < -0.39 is 0 Å². The topological polar surface area (TPSA) is 41.9 Å². The monoisotopic (exact) mass is 368 g/mol. The fourth-order valence-electron chi connectivity index (χ4n) is 3.15. The van der Waals surface area contributed by atoms with Gasteiger partial charge in [-0.25, -0.2) is 4.39 Å². The van der Waals surface area contributed by atoms with Crippen molar-refractivity contribution >= 4 is 11.6 Å². The van der Waals surface area contributed by atoms with Crippen molar-refractivity contribution in [3.8, 4) is 0 Å². The van der Waals surface area contributed by atoms with E-state index in [1.54, 1.807) is 23.1 Å². The average molecular weight is 368 g/mol. The zero-order valence-corrected chi connectivity index (χ0v) is 15.8. The minimum Gasteiger partial charge on any atom is -0.390 e. The summed E-state index contributed by atoms with van der Waals surface area (Å²) in [4.78, 5) is 19.8. The number of halogens is 1. The van der Waals surface area contributed by atoms with E-state index in [0.717, 1.165) is 17.7 Å². The van der Waals surface area contributed by atoms with Gasteiger partial charge in [0.2, 0.25) is 5.91 Å². The van der Waals surface area contributed by atoms with Gasteiger partial charge in [-0.1, -0.05) is 60.1 Å². The molecule has 2 aromatic carbocycles. The smallest absolute Gasteiger partial charge is 0.222 e. The van der Waals surface area contributed by atoms with E-state index in [1.807, 2.05) is 38.1 Å². The number of carbonyl (C=O) groups is 1. The number of amides is 1. The molecule has 0 spiro atoms. The second kappa shape index (κ2) is 8.80. The molecular formula is C22H25FN2O2. The molecule has 0 aromatic heterocycles. The number of carbonyl (C=O) groups excluding carboxylic acids is 1. The summed E-state index contributed by atoms with van der Waals surface area (Å²) in [6.07, 6.45) is 1.61. The summed E-state index contributed by atoms with van der Waals surface area (Å²) in [5.74, 6) is -0.288. The van der Waals surface area contributed by atoms with Gasteiger partial charge in [-0.3, -0.25) is 4.79 Å². The van der Waals surface area contributed by atoms with E-state index in [0.29, 0.717) is 24.9 Å². The van der Waals surface area contributed by atoms with Gasteiger partial charge in [0, 0.05) is 24.9 Å². The third kappa shape index (κ3) is 4.94. The number of rotatable bonds is 7. The summed E-state index contributed by atoms with van der Waals surface area (Å²) < 4.78 is 14.0. The molecule has 1 aliphatic heterocycles. The molecule has 1 unspecified atom stereocenters. The van der Waals surface area contributed by atoms with Crippen LogP contribution in [0.4, 0.5) is 4.39 Å². The fourth-order valence-corrected chi connectivity index (χ4v) is 3.15. The second-order valence-corrected chi connectivity index (χ2v) is 6.95. The highest BCUT2D eigenvalue weighted by Crippen LogP contribution is 2.20. The van der Waals surface area contributed by atoms with E-state index in [1.165, 1.54) is 11.6 Å². The van der Waals surface area contributed by atoms with Crippen LogP contribution in [0, 0.1) is 12.7 Å². The standard InChI is InChI=1S/C22H25FN2O2/c1-3-6-22(26)25(14-18-7-4-5-8-20(18)23)15-19-13-21(24-27-19)17-11-9-16(2)10-12-17/h4-5,7-12,19H,3,6,13-15H2,1-2H3. The molecule has 0 aliphatic carbocycles. The molecule has 1 amide bonds. The number of hydrogen-bond donors (Lipinski definition) is 0. The van der Waals surface area contributed by atoms with Crippen molar-refractivity contribution in [2.24, 2.45) is 5.16 Å². The van der Waals surface area contributed by atoms with E-state index in [-0.39, 0.29) is 24.4 Å². The quantitative estimate of drug-likeness (QED) is 0.724. The molecule has 1 heterocycles. The van der Waals surface area contributed by atoms with Gasteiger partial charge in [-0.2, -0.15) is 0 Å². The van der Waals surface area contributed by atoms with Crippen LogP contribution < -0.4 is 0 Å². The lowest BCUT2D eigenvalue weighted by atomic mass is 10.0. The van der Waals surface area contributed by atoms with Gasteiger partial charge >= 0.3 is 0 Å². The second-order valence-electron chi connectivity index (χ2n) is 6.95. The molecule has 0 saturated heterocycles. The largest absolute Gasteiger partial charge is 0.390 e. The normalized spacial score (nSPS) is 16.0. The molecule has 27 heavy (non-hydrogen) atoms. The highest BCUT2D eigenvalue weighted by molar-refractivity contribution is 6.01. The van der Waals surface area contributed by atoms with E-state index in [9.17, 15) is 9.18 Å². The SMILES string of the molecule is CCCC(=O)N(Cc1ccccc1F)CC1CC(c2ccc(C)cc2)=NO1. The molecule has 1 aliphatic rings. The Labute approximate surface area is 159 Å². The zero-order chi connectivity index (χ0) is 19.2. The Morgan fingerprint density at radius 1 is 1.22 bits per heavy atom. The van der Waals surface area contributed by atoms with Crippen molar-refractivity contribution in [1.82, 2.24) is 4.90 Å². The maximum atomic E-state index is 14.0. The molecule has 5 heteroatoms. The van der Waals surface area contributed by atoms with Crippen molar-refractivity contribution in [3.05, 3.63) is 71.0 Å². The molecule has 0 saturated carbocycles. The summed E-state index contributed by atoms with van der Waals surface area (Å²) in [5, 5.41) is 4.20. The first-order chi connectivity index (χ1) is 13.1. The Balaban J connectivity index is 1.67. The first-order valence-electron chi connectivity index (χ1n) is 9.37. The lowest BCUT2D eigenvalue weighted by molar-refractivity contribution is -0.133. The van der Waals surface area contributed by atoms with Crippen molar-refractivity contribution in [2.45, 2.75) is 45.8 Å². The van der Waals surface area contributed by atoms with Gasteiger partial charge in [0.05, 0.1) is 12.3 Å². The van der Waals surface area contributed by atoms with E-state index >= 15 is 0 Å². The first-order valence-corrected chi connectivity index (χ1v) is 9.37. The third-order valence-electron chi connectivity index (χ3n) is 4.68. The van der Waals surface area contributed by atoms with Crippen molar-refractivity contribution in [1.29, 1.82) is 0 Å². The van der Waals surface area contributed by atoms with Crippen LogP contribution in [-0.2, 0) is 16.2 Å². The minimum atomic E-state index is -0.296. The average Bonchev–Trinajstić information content (AvgIpc) is 3.12. The van der Waals surface area contributed by atoms with E-state index in [4.69, 9.17) is 4.84 Å². The van der Waals surface area contributed by atoms with Crippen LogP contribution in [0.2, 0.25) is 0 Å². The maximum Gasteiger partial charge on any atom is 0.222 e. The van der Waals surface area contributed by atoms with Crippen LogP contribution in [0.3, 0.4) is 0 Å². The fraction of sp³-hybridized carbons (Fsp3) is 0.364. The molecule has 0 fully saturated rings. The van der Waals surface area contributed by atoms with E-state index in [2.05, 4.69) is 5.16 Å². The Kier molecular flexibility index (Phi) is 6.22. The predicted molar refractivity (Wildman–Crippen MR) is 104 cm³/mol. The summed E-state index contributed by atoms with van der Waals surface area (Å²) in [6, 6.07) is 14.7. The zero-order valence-electron chi connectivity index (χ0n) is 15.8. The number of hydrogen-bond acceptors (Lipinski definition) is 3. The van der Waals surface area contributed by atoms with Crippen LogP contribution in [0.15, 0.2) is 53.7 Å². The minimum absolute atomic E-state index is 0.00754. The van der Waals surface area contributed by atoms with Gasteiger partial charge in [0.15, 0.2) is 6.10 Å². The van der Waals surface area contributed by atoms with Gasteiger partial charge in [0.25, 0.3) is 0 Å². The molecule has 4 nitrogen and oxygen atoms in total. The van der Waals surface area contributed by atoms with Gasteiger partial charge in [-0.15, -0.1) is 0 Å². The summed E-state index contributed by atoms with van der Waals surface area (Å²) in [6.45, 7) is 4.64. The number of benzene rings is 2. The Bertz CT molecular complexity index is 817.